The molecule has 0 aliphatic heterocycles. The van der Waals surface area contributed by atoms with Gasteiger partial charge in [0, 0.05) is 10.6 Å². The summed E-state index contributed by atoms with van der Waals surface area (Å²) >= 11 is 1.56. The highest BCUT2D eigenvalue weighted by Crippen LogP contribution is 2.28. The third kappa shape index (κ3) is 5.22. The zero-order valence-electron chi connectivity index (χ0n) is 16.7. The normalized spacial score (nSPS) is 11.8. The Balaban J connectivity index is 1.32. The number of rotatable bonds is 7. The van der Waals surface area contributed by atoms with Gasteiger partial charge < -0.3 is 10.1 Å². The molecule has 0 aliphatic carbocycles. The van der Waals surface area contributed by atoms with Crippen molar-refractivity contribution in [2.75, 3.05) is 5.32 Å². The fraction of sp³-hybridized carbons (Fsp3) is 0.115. The summed E-state index contributed by atoms with van der Waals surface area (Å²) in [5.74, 6) is 0.751. The second kappa shape index (κ2) is 9.51. The molecule has 0 aromatic heterocycles. The van der Waals surface area contributed by atoms with Crippen LogP contribution in [0.3, 0.4) is 0 Å². The number of amides is 1. The molecule has 1 atom stereocenters. The average molecular weight is 414 g/mol. The number of nitrogens with one attached hydrogen (secondary N) is 1. The minimum Gasteiger partial charge on any atom is -0.489 e. The first-order valence-electron chi connectivity index (χ1n) is 9.90. The molecule has 1 N–H and O–H groups in total. The number of anilines is 1. The topological polar surface area (TPSA) is 38.3 Å². The second-order valence-electron chi connectivity index (χ2n) is 7.06. The van der Waals surface area contributed by atoms with Crippen LogP contribution in [-0.2, 0) is 11.4 Å². The Morgan fingerprint density at radius 3 is 2.33 bits per heavy atom. The summed E-state index contributed by atoms with van der Waals surface area (Å²) in [5, 5.41) is 5.16. The van der Waals surface area contributed by atoms with Crippen molar-refractivity contribution in [3.05, 3.63) is 103 Å². The zero-order valence-corrected chi connectivity index (χ0v) is 17.6. The molecule has 30 heavy (non-hydrogen) atoms. The molecule has 150 valence electrons. The molecule has 0 saturated heterocycles. The minimum atomic E-state index is -0.208. The lowest BCUT2D eigenvalue weighted by atomic mass is 10.1. The summed E-state index contributed by atoms with van der Waals surface area (Å²) in [6.45, 7) is 2.44. The van der Waals surface area contributed by atoms with E-state index in [-0.39, 0.29) is 11.2 Å². The maximum Gasteiger partial charge on any atom is 0.237 e. The van der Waals surface area contributed by atoms with E-state index in [2.05, 4.69) is 35.6 Å². The molecule has 4 rings (SSSR count). The maximum absolute atomic E-state index is 12.6. The lowest BCUT2D eigenvalue weighted by molar-refractivity contribution is -0.115. The average Bonchev–Trinajstić information content (AvgIpc) is 2.79. The van der Waals surface area contributed by atoms with Gasteiger partial charge in [0.2, 0.25) is 5.91 Å². The molecule has 4 aromatic carbocycles. The Morgan fingerprint density at radius 1 is 0.867 bits per heavy atom. The van der Waals surface area contributed by atoms with E-state index in [1.165, 1.54) is 10.8 Å². The first-order chi connectivity index (χ1) is 14.7. The van der Waals surface area contributed by atoms with Crippen molar-refractivity contribution in [1.82, 2.24) is 0 Å². The van der Waals surface area contributed by atoms with E-state index in [1.807, 2.05) is 73.7 Å². The van der Waals surface area contributed by atoms with E-state index in [0.717, 1.165) is 21.9 Å². The van der Waals surface area contributed by atoms with Crippen LogP contribution in [0.1, 0.15) is 12.5 Å². The molecule has 3 nitrogen and oxygen atoms in total. The fourth-order valence-corrected chi connectivity index (χ4v) is 4.03. The van der Waals surface area contributed by atoms with Crippen molar-refractivity contribution in [3.8, 4) is 5.75 Å². The molecule has 4 aromatic rings. The van der Waals surface area contributed by atoms with Gasteiger partial charge >= 0.3 is 0 Å². The summed E-state index contributed by atoms with van der Waals surface area (Å²) in [5.41, 5.74) is 1.88. The van der Waals surface area contributed by atoms with Crippen molar-refractivity contribution in [2.45, 2.75) is 23.7 Å². The number of hydrogen-bond acceptors (Lipinski definition) is 3. The van der Waals surface area contributed by atoms with Gasteiger partial charge in [-0.3, -0.25) is 4.79 Å². The van der Waals surface area contributed by atoms with Gasteiger partial charge in [0.1, 0.15) is 12.4 Å². The van der Waals surface area contributed by atoms with Crippen LogP contribution >= 0.6 is 11.8 Å². The van der Waals surface area contributed by atoms with Crippen molar-refractivity contribution in [2.24, 2.45) is 0 Å². The number of carbonyl (C=O) groups is 1. The van der Waals surface area contributed by atoms with Gasteiger partial charge in [-0.1, -0.05) is 60.7 Å². The van der Waals surface area contributed by atoms with E-state index in [1.54, 1.807) is 11.8 Å². The van der Waals surface area contributed by atoms with E-state index in [4.69, 9.17) is 4.74 Å². The van der Waals surface area contributed by atoms with Gasteiger partial charge in [0.25, 0.3) is 0 Å². The molecule has 0 fully saturated rings. The molecular formula is C26H23NO2S. The molecular weight excluding hydrogens is 390 g/mol. The van der Waals surface area contributed by atoms with Crippen molar-refractivity contribution in [1.29, 1.82) is 0 Å². The first-order valence-corrected chi connectivity index (χ1v) is 10.8. The minimum absolute atomic E-state index is 0.0221. The summed E-state index contributed by atoms with van der Waals surface area (Å²) in [6.07, 6.45) is 0. The summed E-state index contributed by atoms with van der Waals surface area (Å²) in [6, 6.07) is 32.0. The van der Waals surface area contributed by atoms with Crippen LogP contribution in [0.4, 0.5) is 5.69 Å². The number of hydrogen-bond donors (Lipinski definition) is 1. The van der Waals surface area contributed by atoms with E-state index in [9.17, 15) is 4.79 Å². The van der Waals surface area contributed by atoms with Gasteiger partial charge in [-0.25, -0.2) is 0 Å². The monoisotopic (exact) mass is 413 g/mol. The molecule has 4 heteroatoms. The fourth-order valence-electron chi connectivity index (χ4n) is 3.12. The highest BCUT2D eigenvalue weighted by Gasteiger charge is 2.15. The molecule has 0 radical (unpaired) electrons. The predicted octanol–water partition coefficient (Wildman–Crippen LogP) is 6.54. The lowest BCUT2D eigenvalue weighted by Gasteiger charge is -2.13. The highest BCUT2D eigenvalue weighted by molar-refractivity contribution is 8.00. The van der Waals surface area contributed by atoms with Crippen LogP contribution in [0.25, 0.3) is 10.8 Å². The number of benzene rings is 4. The number of thioether (sulfide) groups is 1. The SMILES string of the molecule is C[C@@H](Sc1ccc2ccccc2c1)C(=O)Nc1ccc(OCc2ccccc2)cc1. The Labute approximate surface area is 181 Å². The summed E-state index contributed by atoms with van der Waals surface area (Å²) in [7, 11) is 0. The summed E-state index contributed by atoms with van der Waals surface area (Å²) in [4.78, 5) is 13.7. The Morgan fingerprint density at radius 2 is 1.57 bits per heavy atom. The largest absolute Gasteiger partial charge is 0.489 e. The van der Waals surface area contributed by atoms with Gasteiger partial charge in [0.15, 0.2) is 0 Å². The predicted molar refractivity (Wildman–Crippen MR) is 125 cm³/mol. The quantitative estimate of drug-likeness (QED) is 0.350. The second-order valence-corrected chi connectivity index (χ2v) is 8.47. The van der Waals surface area contributed by atoms with Gasteiger partial charge in [-0.05, 0) is 59.7 Å². The van der Waals surface area contributed by atoms with E-state index >= 15 is 0 Å². The zero-order chi connectivity index (χ0) is 20.8. The molecule has 0 saturated carbocycles. The molecule has 0 heterocycles. The molecule has 0 aliphatic rings. The van der Waals surface area contributed by atoms with Crippen LogP contribution in [0.15, 0.2) is 102 Å². The third-order valence-electron chi connectivity index (χ3n) is 4.77. The van der Waals surface area contributed by atoms with E-state index < -0.39 is 0 Å². The number of carbonyl (C=O) groups excluding carboxylic acids is 1. The summed E-state index contributed by atoms with van der Waals surface area (Å²) < 4.78 is 5.80. The van der Waals surface area contributed by atoms with Gasteiger partial charge in [-0.2, -0.15) is 0 Å². The Kier molecular flexibility index (Phi) is 6.35. The molecule has 0 bridgehead atoms. The van der Waals surface area contributed by atoms with Gasteiger partial charge in [0.05, 0.1) is 5.25 Å². The van der Waals surface area contributed by atoms with Crippen molar-refractivity contribution in [3.63, 3.8) is 0 Å². The Bertz CT molecular complexity index is 1130. The number of ether oxygens (including phenoxy) is 1. The third-order valence-corrected chi connectivity index (χ3v) is 5.87. The van der Waals surface area contributed by atoms with Crippen molar-refractivity contribution >= 4 is 34.1 Å². The van der Waals surface area contributed by atoms with Crippen molar-refractivity contribution < 1.29 is 9.53 Å². The standard InChI is InChI=1S/C26H23NO2S/c1-19(30-25-16-11-21-9-5-6-10-22(21)17-25)26(28)27-23-12-14-24(15-13-23)29-18-20-7-3-2-4-8-20/h2-17,19H,18H2,1H3,(H,27,28)/t19-/m1/s1. The lowest BCUT2D eigenvalue weighted by Crippen LogP contribution is -2.22. The highest BCUT2D eigenvalue weighted by atomic mass is 32.2. The molecule has 0 spiro atoms. The number of fused-ring (bicyclic) bond motifs is 1. The van der Waals surface area contributed by atoms with Crippen LogP contribution in [-0.4, -0.2) is 11.2 Å². The van der Waals surface area contributed by atoms with Crippen LogP contribution in [0, 0.1) is 0 Å². The molecule has 1 amide bonds. The Hall–Kier alpha value is -3.24. The first kappa shape index (κ1) is 20.0. The van der Waals surface area contributed by atoms with Crippen LogP contribution in [0.5, 0.6) is 5.75 Å². The van der Waals surface area contributed by atoms with Gasteiger partial charge in [-0.15, -0.1) is 11.8 Å². The maximum atomic E-state index is 12.6. The molecule has 0 unspecified atom stereocenters. The van der Waals surface area contributed by atoms with Crippen LogP contribution in [0.2, 0.25) is 0 Å². The smallest absolute Gasteiger partial charge is 0.237 e. The van der Waals surface area contributed by atoms with Crippen LogP contribution < -0.4 is 10.1 Å². The van der Waals surface area contributed by atoms with E-state index in [0.29, 0.717) is 6.61 Å².